The van der Waals surface area contributed by atoms with Gasteiger partial charge < -0.3 is 10.2 Å². The number of hydrogen-bond donors (Lipinski definition) is 1. The number of hydrogen-bond acceptors (Lipinski definition) is 4. The van der Waals surface area contributed by atoms with E-state index in [-0.39, 0.29) is 10.8 Å². The van der Waals surface area contributed by atoms with Crippen molar-refractivity contribution in [3.63, 3.8) is 0 Å². The minimum absolute atomic E-state index is 0.218. The SMILES string of the molecule is Cc1ccc(NC(=O)c2ccc(S(=O)(=O)N3CCN(C)CC3)cc2)c(C)c1. The number of nitrogens with one attached hydrogen (secondary N) is 1. The Balaban J connectivity index is 1.73. The first-order valence-corrected chi connectivity index (χ1v) is 10.4. The van der Waals surface area contributed by atoms with Gasteiger partial charge in [-0.3, -0.25) is 4.79 Å². The predicted molar refractivity (Wildman–Crippen MR) is 107 cm³/mol. The smallest absolute Gasteiger partial charge is 0.255 e. The van der Waals surface area contributed by atoms with Crippen molar-refractivity contribution in [1.29, 1.82) is 0 Å². The van der Waals surface area contributed by atoms with Crippen molar-refractivity contribution in [3.8, 4) is 0 Å². The fourth-order valence-corrected chi connectivity index (χ4v) is 4.53. The van der Waals surface area contributed by atoms with Crippen molar-refractivity contribution in [3.05, 3.63) is 59.2 Å². The van der Waals surface area contributed by atoms with Crippen molar-refractivity contribution < 1.29 is 13.2 Å². The van der Waals surface area contributed by atoms with E-state index < -0.39 is 10.0 Å². The lowest BCUT2D eigenvalue weighted by Gasteiger charge is -2.31. The van der Waals surface area contributed by atoms with E-state index in [2.05, 4.69) is 10.2 Å². The minimum Gasteiger partial charge on any atom is -0.322 e. The number of nitrogens with zero attached hydrogens (tertiary/aromatic N) is 2. The standard InChI is InChI=1S/C20H25N3O3S/c1-15-4-9-19(16(2)14-15)21-20(24)17-5-7-18(8-6-17)27(25,26)23-12-10-22(3)11-13-23/h4-9,14H,10-13H2,1-3H3,(H,21,24). The molecule has 0 bridgehead atoms. The van der Waals surface area contributed by atoms with Crippen molar-refractivity contribution in [2.75, 3.05) is 38.5 Å². The van der Waals surface area contributed by atoms with Gasteiger partial charge >= 0.3 is 0 Å². The third-order valence-electron chi connectivity index (χ3n) is 4.85. The number of benzene rings is 2. The van der Waals surface area contributed by atoms with Gasteiger partial charge in [0.05, 0.1) is 4.90 Å². The highest BCUT2D eigenvalue weighted by molar-refractivity contribution is 7.89. The Hall–Kier alpha value is -2.22. The molecule has 6 nitrogen and oxygen atoms in total. The molecule has 1 amide bonds. The maximum absolute atomic E-state index is 12.7. The van der Waals surface area contributed by atoms with Gasteiger partial charge in [-0.25, -0.2) is 8.42 Å². The highest BCUT2D eigenvalue weighted by Crippen LogP contribution is 2.20. The maximum atomic E-state index is 12.7. The highest BCUT2D eigenvalue weighted by atomic mass is 32.2. The molecule has 27 heavy (non-hydrogen) atoms. The number of carbonyl (C=O) groups excluding carboxylic acids is 1. The van der Waals surface area contributed by atoms with Crippen molar-refractivity contribution in [2.24, 2.45) is 0 Å². The Labute approximate surface area is 160 Å². The Morgan fingerprint density at radius 1 is 0.963 bits per heavy atom. The number of amides is 1. The summed E-state index contributed by atoms with van der Waals surface area (Å²) in [5, 5.41) is 2.88. The van der Waals surface area contributed by atoms with Gasteiger partial charge in [-0.1, -0.05) is 17.7 Å². The third kappa shape index (κ3) is 4.37. The van der Waals surface area contributed by atoms with E-state index in [9.17, 15) is 13.2 Å². The molecule has 0 aliphatic carbocycles. The van der Waals surface area contributed by atoms with Crippen LogP contribution in [0.25, 0.3) is 0 Å². The largest absolute Gasteiger partial charge is 0.322 e. The average Bonchev–Trinajstić information content (AvgIpc) is 2.64. The van der Waals surface area contributed by atoms with Crippen LogP contribution in [0.2, 0.25) is 0 Å². The maximum Gasteiger partial charge on any atom is 0.255 e. The van der Waals surface area contributed by atoms with Gasteiger partial charge in [-0.05, 0) is 56.8 Å². The number of anilines is 1. The van der Waals surface area contributed by atoms with Crippen LogP contribution in [-0.2, 0) is 10.0 Å². The average molecular weight is 388 g/mol. The Morgan fingerprint density at radius 2 is 1.59 bits per heavy atom. The predicted octanol–water partition coefficient (Wildman–Crippen LogP) is 2.49. The van der Waals surface area contributed by atoms with Crippen LogP contribution in [0.5, 0.6) is 0 Å². The number of carbonyl (C=O) groups is 1. The van der Waals surface area contributed by atoms with E-state index >= 15 is 0 Å². The summed E-state index contributed by atoms with van der Waals surface area (Å²) in [6.07, 6.45) is 0. The molecule has 0 radical (unpaired) electrons. The Morgan fingerprint density at radius 3 is 2.19 bits per heavy atom. The van der Waals surface area contributed by atoms with Crippen LogP contribution in [0, 0.1) is 13.8 Å². The minimum atomic E-state index is -3.52. The number of likely N-dealkylation sites (N-methyl/N-ethyl adjacent to an activating group) is 1. The summed E-state index contributed by atoms with van der Waals surface area (Å²) in [6.45, 7) is 6.33. The molecule has 1 aliphatic rings. The topological polar surface area (TPSA) is 69.7 Å². The molecule has 1 N–H and O–H groups in total. The van der Waals surface area contributed by atoms with E-state index in [0.29, 0.717) is 18.7 Å². The van der Waals surface area contributed by atoms with Crippen LogP contribution >= 0.6 is 0 Å². The first-order chi connectivity index (χ1) is 12.8. The number of piperazine rings is 1. The van der Waals surface area contributed by atoms with Gasteiger partial charge in [-0.15, -0.1) is 0 Å². The zero-order valence-corrected chi connectivity index (χ0v) is 16.7. The first-order valence-electron chi connectivity index (χ1n) is 8.95. The Kier molecular flexibility index (Phi) is 5.64. The lowest BCUT2D eigenvalue weighted by Crippen LogP contribution is -2.47. The van der Waals surface area contributed by atoms with Crippen molar-refractivity contribution >= 4 is 21.6 Å². The summed E-state index contributed by atoms with van der Waals surface area (Å²) in [4.78, 5) is 14.8. The molecule has 144 valence electrons. The summed E-state index contributed by atoms with van der Waals surface area (Å²) < 4.78 is 27.0. The highest BCUT2D eigenvalue weighted by Gasteiger charge is 2.27. The van der Waals surface area contributed by atoms with E-state index in [1.54, 1.807) is 12.1 Å². The van der Waals surface area contributed by atoms with E-state index in [1.807, 2.05) is 39.1 Å². The molecular formula is C20H25N3O3S. The van der Waals surface area contributed by atoms with Crippen molar-refractivity contribution in [1.82, 2.24) is 9.21 Å². The molecule has 2 aromatic carbocycles. The van der Waals surface area contributed by atoms with Gasteiger partial charge in [-0.2, -0.15) is 4.31 Å². The van der Waals surface area contributed by atoms with Gasteiger partial charge in [0.2, 0.25) is 10.0 Å². The first kappa shape index (κ1) is 19.5. The molecule has 1 heterocycles. The quantitative estimate of drug-likeness (QED) is 0.875. The molecule has 3 rings (SSSR count). The number of rotatable bonds is 4. The fraction of sp³-hybridized carbons (Fsp3) is 0.350. The van der Waals surface area contributed by atoms with Gasteiger partial charge in [0.15, 0.2) is 0 Å². The second kappa shape index (κ2) is 7.80. The molecule has 1 fully saturated rings. The molecular weight excluding hydrogens is 362 g/mol. The van der Waals surface area contributed by atoms with Gasteiger partial charge in [0.1, 0.15) is 0 Å². The fourth-order valence-electron chi connectivity index (χ4n) is 3.10. The lowest BCUT2D eigenvalue weighted by atomic mass is 10.1. The molecule has 0 aromatic heterocycles. The second-order valence-corrected chi connectivity index (χ2v) is 8.94. The molecule has 0 atom stereocenters. The van der Waals surface area contributed by atoms with Gasteiger partial charge in [0.25, 0.3) is 5.91 Å². The van der Waals surface area contributed by atoms with E-state index in [1.165, 1.54) is 16.4 Å². The van der Waals surface area contributed by atoms with Crippen LogP contribution in [-0.4, -0.2) is 56.8 Å². The molecule has 1 saturated heterocycles. The summed E-state index contributed by atoms with van der Waals surface area (Å²) in [5.41, 5.74) is 3.29. The van der Waals surface area contributed by atoms with E-state index in [4.69, 9.17) is 0 Å². The zero-order chi connectivity index (χ0) is 19.6. The lowest BCUT2D eigenvalue weighted by molar-refractivity contribution is 0.102. The number of sulfonamides is 1. The molecule has 7 heteroatoms. The van der Waals surface area contributed by atoms with Gasteiger partial charge in [0, 0.05) is 37.4 Å². The third-order valence-corrected chi connectivity index (χ3v) is 6.76. The zero-order valence-electron chi connectivity index (χ0n) is 15.9. The second-order valence-electron chi connectivity index (χ2n) is 7.00. The molecule has 0 unspecified atom stereocenters. The van der Waals surface area contributed by atoms with Crippen LogP contribution in [0.15, 0.2) is 47.4 Å². The van der Waals surface area contributed by atoms with Crippen LogP contribution in [0.1, 0.15) is 21.5 Å². The molecule has 0 spiro atoms. The summed E-state index contributed by atoms with van der Waals surface area (Å²) >= 11 is 0. The molecule has 1 aliphatic heterocycles. The van der Waals surface area contributed by atoms with E-state index in [0.717, 1.165) is 29.9 Å². The summed E-state index contributed by atoms with van der Waals surface area (Å²) in [7, 11) is -1.54. The summed E-state index contributed by atoms with van der Waals surface area (Å²) in [5.74, 6) is -0.259. The Bertz CT molecular complexity index is 931. The van der Waals surface area contributed by atoms with Crippen LogP contribution < -0.4 is 5.32 Å². The summed E-state index contributed by atoms with van der Waals surface area (Å²) in [6, 6.07) is 11.9. The van der Waals surface area contributed by atoms with Crippen LogP contribution in [0.3, 0.4) is 0 Å². The normalized spacial score (nSPS) is 16.3. The van der Waals surface area contributed by atoms with Crippen molar-refractivity contribution in [2.45, 2.75) is 18.7 Å². The molecule has 2 aromatic rings. The van der Waals surface area contributed by atoms with Crippen LogP contribution in [0.4, 0.5) is 5.69 Å². The monoisotopic (exact) mass is 387 g/mol. The molecule has 0 saturated carbocycles. The number of aryl methyl sites for hydroxylation is 2.